The Balaban J connectivity index is 1.47. The predicted octanol–water partition coefficient (Wildman–Crippen LogP) is 2.53. The third-order valence-electron chi connectivity index (χ3n) is 7.46. The minimum Gasteiger partial charge on any atom is -0.458 e. The van der Waals surface area contributed by atoms with Crippen LogP contribution in [0.1, 0.15) is 54.1 Å². The average Bonchev–Trinajstić information content (AvgIpc) is 3.72. The average molecular weight is 676 g/mol. The minimum absolute atomic E-state index is 0.0157. The number of H-pyrrole nitrogens is 1. The highest BCUT2D eigenvalue weighted by molar-refractivity contribution is 5.97. The van der Waals surface area contributed by atoms with Crippen LogP contribution in [-0.2, 0) is 36.9 Å². The molecule has 0 radical (unpaired) electrons. The molecule has 15 heteroatoms. The van der Waals surface area contributed by atoms with Crippen LogP contribution in [0.3, 0.4) is 0 Å². The number of carbonyl (C=O) groups is 5. The third kappa shape index (κ3) is 10.8. The van der Waals surface area contributed by atoms with Crippen molar-refractivity contribution in [3.05, 3.63) is 95.3 Å². The molecule has 2 aromatic carbocycles. The zero-order valence-corrected chi connectivity index (χ0v) is 27.2. The predicted molar refractivity (Wildman–Crippen MR) is 175 cm³/mol. The van der Waals surface area contributed by atoms with Crippen LogP contribution in [0.25, 0.3) is 10.9 Å². The summed E-state index contributed by atoms with van der Waals surface area (Å²) < 4.78 is 23.9. The lowest BCUT2D eigenvalue weighted by Crippen LogP contribution is -2.56. The summed E-state index contributed by atoms with van der Waals surface area (Å²) in [6.07, 6.45) is 4.05. The molecule has 0 aliphatic carbocycles. The van der Waals surface area contributed by atoms with Gasteiger partial charge >= 0.3 is 5.97 Å². The van der Waals surface area contributed by atoms with Gasteiger partial charge in [0.1, 0.15) is 30.3 Å². The minimum atomic E-state index is -1.21. The number of amides is 4. The molecule has 258 valence electrons. The van der Waals surface area contributed by atoms with Gasteiger partial charge in [0.05, 0.1) is 11.7 Å². The van der Waals surface area contributed by atoms with E-state index in [1.54, 1.807) is 39.1 Å². The van der Waals surface area contributed by atoms with Crippen LogP contribution in [0.4, 0.5) is 4.39 Å². The standard InChI is InChI=1S/C34H38FN7O7/c1-19(2)31(40-33(46)28-14-20(3)49-42-28)34(47)39-27(15-21-5-8-24(35)9-6-21)32(45)38-25(10-12-29(36)43)11-13-30(44)48-18-22-4-7-23-17-37-41-26(23)16-22/h4-9,11,13-14,16-17,19,25,27,31H,10,12,15,18H2,1-3H3,(H2,36,43)(H,37,41)(H,38,45)(H,39,47)(H,40,46)/b13-11+/t25-,27+,31+/m1/s1. The van der Waals surface area contributed by atoms with E-state index in [1.807, 2.05) is 6.07 Å². The van der Waals surface area contributed by atoms with E-state index in [2.05, 4.69) is 31.3 Å². The highest BCUT2D eigenvalue weighted by atomic mass is 19.1. The maximum Gasteiger partial charge on any atom is 0.330 e. The van der Waals surface area contributed by atoms with Crippen LogP contribution < -0.4 is 21.7 Å². The maximum absolute atomic E-state index is 13.7. The van der Waals surface area contributed by atoms with Crippen molar-refractivity contribution in [2.45, 2.75) is 64.8 Å². The van der Waals surface area contributed by atoms with Crippen molar-refractivity contribution in [1.29, 1.82) is 0 Å². The number of nitrogens with one attached hydrogen (secondary N) is 4. The number of rotatable bonds is 16. The van der Waals surface area contributed by atoms with E-state index in [9.17, 15) is 28.4 Å². The van der Waals surface area contributed by atoms with Crippen LogP contribution in [0, 0.1) is 18.7 Å². The second kappa shape index (κ2) is 16.8. The smallest absolute Gasteiger partial charge is 0.330 e. The van der Waals surface area contributed by atoms with E-state index in [0.29, 0.717) is 11.3 Å². The first-order valence-electron chi connectivity index (χ1n) is 15.5. The summed E-state index contributed by atoms with van der Waals surface area (Å²) in [6.45, 7) is 5.03. The van der Waals surface area contributed by atoms with Gasteiger partial charge in [0.15, 0.2) is 5.69 Å². The summed E-state index contributed by atoms with van der Waals surface area (Å²) in [5.74, 6) is -3.76. The number of halogens is 1. The fourth-order valence-electron chi connectivity index (χ4n) is 4.82. The highest BCUT2D eigenvalue weighted by Crippen LogP contribution is 2.14. The van der Waals surface area contributed by atoms with Crippen LogP contribution in [0.5, 0.6) is 0 Å². The Morgan fingerprint density at radius 1 is 1.00 bits per heavy atom. The van der Waals surface area contributed by atoms with Gasteiger partial charge in [-0.25, -0.2) is 9.18 Å². The molecule has 4 rings (SSSR count). The van der Waals surface area contributed by atoms with E-state index in [-0.39, 0.29) is 31.6 Å². The molecular weight excluding hydrogens is 637 g/mol. The molecule has 0 aliphatic rings. The molecule has 0 aliphatic heterocycles. The Labute approximate surface area is 281 Å². The third-order valence-corrected chi connectivity index (χ3v) is 7.46. The molecule has 2 heterocycles. The fourth-order valence-corrected chi connectivity index (χ4v) is 4.82. The molecule has 4 amide bonds. The molecular formula is C34H38FN7O7. The number of hydrogen-bond donors (Lipinski definition) is 5. The van der Waals surface area contributed by atoms with Gasteiger partial charge in [0.25, 0.3) is 5.91 Å². The zero-order chi connectivity index (χ0) is 35.5. The first kappa shape index (κ1) is 36.0. The summed E-state index contributed by atoms with van der Waals surface area (Å²) >= 11 is 0. The lowest BCUT2D eigenvalue weighted by molar-refractivity contribution is -0.139. The van der Waals surface area contributed by atoms with Crippen molar-refractivity contribution in [1.82, 2.24) is 31.3 Å². The molecule has 0 saturated carbocycles. The molecule has 0 bridgehead atoms. The van der Waals surface area contributed by atoms with Crippen LogP contribution in [0.2, 0.25) is 0 Å². The highest BCUT2D eigenvalue weighted by Gasteiger charge is 2.30. The van der Waals surface area contributed by atoms with Gasteiger partial charge in [-0.2, -0.15) is 5.10 Å². The lowest BCUT2D eigenvalue weighted by atomic mass is 10.00. The molecule has 2 aromatic heterocycles. The zero-order valence-electron chi connectivity index (χ0n) is 27.2. The van der Waals surface area contributed by atoms with Crippen LogP contribution >= 0.6 is 0 Å². The van der Waals surface area contributed by atoms with Crippen molar-refractivity contribution in [3.8, 4) is 0 Å². The number of ether oxygens (including phenoxy) is 1. The molecule has 3 atom stereocenters. The second-order valence-corrected chi connectivity index (χ2v) is 11.8. The van der Waals surface area contributed by atoms with Gasteiger partial charge in [0, 0.05) is 36.4 Å². The summed E-state index contributed by atoms with van der Waals surface area (Å²) in [5.41, 5.74) is 7.38. The number of nitrogens with zero attached hydrogens (tertiary/aromatic N) is 2. The fraction of sp³-hybridized carbons (Fsp3) is 0.324. The Bertz CT molecular complexity index is 1820. The largest absolute Gasteiger partial charge is 0.458 e. The number of nitrogens with two attached hydrogens (primary N) is 1. The molecule has 0 fully saturated rings. The molecule has 0 unspecified atom stereocenters. The Hall–Kier alpha value is -5.86. The van der Waals surface area contributed by atoms with Crippen LogP contribution in [0.15, 0.2) is 71.4 Å². The van der Waals surface area contributed by atoms with Gasteiger partial charge in [0.2, 0.25) is 17.7 Å². The van der Waals surface area contributed by atoms with Gasteiger partial charge in [-0.3, -0.25) is 24.3 Å². The Morgan fingerprint density at radius 3 is 2.41 bits per heavy atom. The molecule has 0 saturated heterocycles. The second-order valence-electron chi connectivity index (χ2n) is 11.8. The number of carbonyl (C=O) groups excluding carboxylic acids is 5. The number of aryl methyl sites for hydroxylation is 1. The number of hydrogen-bond acceptors (Lipinski definition) is 9. The van der Waals surface area contributed by atoms with Crippen molar-refractivity contribution in [3.63, 3.8) is 0 Å². The van der Waals surface area contributed by atoms with E-state index < -0.39 is 59.5 Å². The summed E-state index contributed by atoms with van der Waals surface area (Å²) in [6, 6.07) is 9.11. The summed E-state index contributed by atoms with van der Waals surface area (Å²) in [7, 11) is 0. The van der Waals surface area contributed by atoms with E-state index >= 15 is 0 Å². The number of aromatic amines is 1. The number of primary amides is 1. The molecule has 14 nitrogen and oxygen atoms in total. The van der Waals surface area contributed by atoms with E-state index in [4.69, 9.17) is 15.0 Å². The van der Waals surface area contributed by atoms with Gasteiger partial charge in [-0.15, -0.1) is 0 Å². The van der Waals surface area contributed by atoms with Gasteiger partial charge in [-0.05, 0) is 48.6 Å². The maximum atomic E-state index is 13.7. The quantitative estimate of drug-likeness (QED) is 0.0871. The van der Waals surface area contributed by atoms with Crippen molar-refractivity contribution >= 4 is 40.5 Å². The van der Waals surface area contributed by atoms with Crippen molar-refractivity contribution in [2.75, 3.05) is 0 Å². The molecule has 6 N–H and O–H groups in total. The van der Waals surface area contributed by atoms with Gasteiger partial charge in [-0.1, -0.05) is 49.3 Å². The van der Waals surface area contributed by atoms with E-state index in [0.717, 1.165) is 22.5 Å². The molecule has 49 heavy (non-hydrogen) atoms. The van der Waals surface area contributed by atoms with Crippen molar-refractivity contribution in [2.24, 2.45) is 11.7 Å². The van der Waals surface area contributed by atoms with Gasteiger partial charge < -0.3 is 30.9 Å². The Morgan fingerprint density at radius 2 is 1.73 bits per heavy atom. The number of benzene rings is 2. The normalized spacial score (nSPS) is 13.2. The first-order valence-corrected chi connectivity index (χ1v) is 15.5. The number of fused-ring (bicyclic) bond motifs is 1. The van der Waals surface area contributed by atoms with Crippen LogP contribution in [-0.4, -0.2) is 63.1 Å². The molecule has 0 spiro atoms. The number of esters is 1. The van der Waals surface area contributed by atoms with E-state index in [1.165, 1.54) is 36.4 Å². The molecule has 4 aromatic rings. The summed E-state index contributed by atoms with van der Waals surface area (Å²) in [5, 5.41) is 19.4. The Kier molecular flexibility index (Phi) is 12.3. The SMILES string of the molecule is Cc1cc(C(=O)N[C@H](C(=O)N[C@@H](Cc2ccc(F)cc2)C(=O)N[C@@H](/C=C/C(=O)OCc2ccc3cn[nH]c3c2)CCC(N)=O)C(C)C)no1. The first-order chi connectivity index (χ1) is 23.4. The monoisotopic (exact) mass is 675 g/mol. The lowest BCUT2D eigenvalue weighted by Gasteiger charge is -2.26. The number of aromatic nitrogens is 3. The summed E-state index contributed by atoms with van der Waals surface area (Å²) in [4.78, 5) is 64.2. The topological polar surface area (TPSA) is 211 Å². The van der Waals surface area contributed by atoms with Crippen molar-refractivity contribution < 1.29 is 37.6 Å².